The van der Waals surface area contributed by atoms with Crippen LogP contribution in [0.5, 0.6) is 5.75 Å². The van der Waals surface area contributed by atoms with Gasteiger partial charge in [-0.3, -0.25) is 4.68 Å². The van der Waals surface area contributed by atoms with Crippen LogP contribution in [0.25, 0.3) is 0 Å². The molecule has 2 unspecified atom stereocenters. The van der Waals surface area contributed by atoms with E-state index in [4.69, 9.17) is 10.5 Å². The molecule has 3 rings (SSSR count). The van der Waals surface area contributed by atoms with Crippen molar-refractivity contribution in [2.45, 2.75) is 25.3 Å². The van der Waals surface area contributed by atoms with Gasteiger partial charge in [0.05, 0.1) is 12.3 Å². The number of nitrogens with two attached hydrogens (primary N) is 1. The normalized spacial score (nSPS) is 19.0. The summed E-state index contributed by atoms with van der Waals surface area (Å²) in [5.74, 6) is 1.25. The lowest BCUT2D eigenvalue weighted by Crippen LogP contribution is -2.32. The molecular weight excluding hydrogens is 238 g/mol. The number of fused-ring (bicyclic) bond motifs is 1. The fourth-order valence-corrected chi connectivity index (χ4v) is 2.78. The highest BCUT2D eigenvalue weighted by molar-refractivity contribution is 5.40. The zero-order valence-corrected chi connectivity index (χ0v) is 11.3. The predicted octanol–water partition coefficient (Wildman–Crippen LogP) is 1.77. The number of para-hydroxylation sites is 1. The summed E-state index contributed by atoms with van der Waals surface area (Å²) in [6, 6.07) is 10.3. The number of nitrogens with zero attached hydrogens (tertiary/aromatic N) is 2. The van der Waals surface area contributed by atoms with Crippen molar-refractivity contribution in [3.8, 4) is 5.75 Å². The lowest BCUT2D eigenvalue weighted by atomic mass is 9.91. The first kappa shape index (κ1) is 12.2. The van der Waals surface area contributed by atoms with Gasteiger partial charge in [0.1, 0.15) is 5.75 Å². The van der Waals surface area contributed by atoms with Gasteiger partial charge in [0.15, 0.2) is 0 Å². The Bertz CT molecular complexity index is 591. The first-order chi connectivity index (χ1) is 9.15. The predicted molar refractivity (Wildman–Crippen MR) is 74.3 cm³/mol. The van der Waals surface area contributed by atoms with Crippen molar-refractivity contribution in [2.24, 2.45) is 12.8 Å². The van der Waals surface area contributed by atoms with Crippen molar-refractivity contribution in [1.82, 2.24) is 9.78 Å². The molecule has 0 radical (unpaired) electrons. The van der Waals surface area contributed by atoms with Crippen LogP contribution < -0.4 is 10.5 Å². The van der Waals surface area contributed by atoms with E-state index in [9.17, 15) is 0 Å². The topological polar surface area (TPSA) is 53.1 Å². The summed E-state index contributed by atoms with van der Waals surface area (Å²) in [6.07, 6.45) is 0.819. The van der Waals surface area contributed by atoms with Crippen LogP contribution in [0.2, 0.25) is 0 Å². The number of benzene rings is 1. The third-order valence-electron chi connectivity index (χ3n) is 3.80. The minimum Gasteiger partial charge on any atom is -0.493 e. The van der Waals surface area contributed by atoms with E-state index in [1.54, 1.807) is 0 Å². The molecule has 0 saturated carbocycles. The molecule has 2 atom stereocenters. The molecule has 0 amide bonds. The van der Waals surface area contributed by atoms with Crippen molar-refractivity contribution < 1.29 is 4.74 Å². The highest BCUT2D eigenvalue weighted by Crippen LogP contribution is 2.35. The maximum absolute atomic E-state index is 6.38. The fourth-order valence-electron chi connectivity index (χ4n) is 2.78. The molecule has 1 aliphatic rings. The summed E-state index contributed by atoms with van der Waals surface area (Å²) in [5, 5.41) is 4.36. The van der Waals surface area contributed by atoms with Gasteiger partial charge < -0.3 is 10.5 Å². The van der Waals surface area contributed by atoms with Gasteiger partial charge >= 0.3 is 0 Å². The molecule has 1 aromatic heterocycles. The van der Waals surface area contributed by atoms with Crippen LogP contribution in [0, 0.1) is 6.92 Å². The van der Waals surface area contributed by atoms with Crippen LogP contribution >= 0.6 is 0 Å². The Labute approximate surface area is 113 Å². The van der Waals surface area contributed by atoms with E-state index in [0.717, 1.165) is 17.9 Å². The van der Waals surface area contributed by atoms with E-state index in [1.165, 1.54) is 11.3 Å². The van der Waals surface area contributed by atoms with Crippen LogP contribution in [0.1, 0.15) is 22.9 Å². The lowest BCUT2D eigenvalue weighted by Gasteiger charge is -2.18. The average Bonchev–Trinajstić information content (AvgIpc) is 2.93. The smallest absolute Gasteiger partial charge is 0.122 e. The van der Waals surface area contributed by atoms with Crippen LogP contribution in [-0.4, -0.2) is 22.4 Å². The third-order valence-corrected chi connectivity index (χ3v) is 3.80. The van der Waals surface area contributed by atoms with Gasteiger partial charge in [-0.05, 0) is 19.1 Å². The molecule has 0 spiro atoms. The quantitative estimate of drug-likeness (QED) is 0.911. The molecule has 0 saturated heterocycles. The number of hydrogen-bond donors (Lipinski definition) is 1. The van der Waals surface area contributed by atoms with Crippen molar-refractivity contribution in [3.05, 3.63) is 47.3 Å². The molecule has 19 heavy (non-hydrogen) atoms. The minimum atomic E-state index is 0.0541. The van der Waals surface area contributed by atoms with E-state index in [-0.39, 0.29) is 12.0 Å². The molecule has 0 aliphatic carbocycles. The second-order valence-corrected chi connectivity index (χ2v) is 5.22. The Morgan fingerprint density at radius 2 is 2.26 bits per heavy atom. The molecule has 1 aromatic carbocycles. The van der Waals surface area contributed by atoms with Crippen molar-refractivity contribution in [1.29, 1.82) is 0 Å². The van der Waals surface area contributed by atoms with Gasteiger partial charge in [-0.25, -0.2) is 0 Å². The van der Waals surface area contributed by atoms with Crippen molar-refractivity contribution in [2.75, 3.05) is 6.61 Å². The summed E-state index contributed by atoms with van der Waals surface area (Å²) in [7, 11) is 1.97. The number of aromatic nitrogens is 2. The Hall–Kier alpha value is -1.81. The van der Waals surface area contributed by atoms with Crippen molar-refractivity contribution >= 4 is 0 Å². The fraction of sp³-hybridized carbons (Fsp3) is 0.400. The maximum atomic E-state index is 6.38. The standard InChI is InChI=1S/C15H19N3O/c1-10-7-11(18(2)17-10)8-14(16)13-9-19-15-6-4-3-5-12(13)15/h3-7,13-14H,8-9,16H2,1-2H3. The van der Waals surface area contributed by atoms with Gasteiger partial charge in [0, 0.05) is 36.7 Å². The van der Waals surface area contributed by atoms with Crippen LogP contribution in [0.15, 0.2) is 30.3 Å². The SMILES string of the molecule is Cc1cc(CC(N)C2COc3ccccc32)n(C)n1. The minimum absolute atomic E-state index is 0.0541. The molecule has 2 aromatic rings. The Balaban J connectivity index is 1.79. The van der Waals surface area contributed by atoms with Gasteiger partial charge in [0.2, 0.25) is 0 Å². The summed E-state index contributed by atoms with van der Waals surface area (Å²) in [5.41, 5.74) is 9.82. The maximum Gasteiger partial charge on any atom is 0.122 e. The summed E-state index contributed by atoms with van der Waals surface area (Å²) in [4.78, 5) is 0. The number of ether oxygens (including phenoxy) is 1. The molecule has 2 heterocycles. The van der Waals surface area contributed by atoms with E-state index < -0.39 is 0 Å². The first-order valence-electron chi connectivity index (χ1n) is 6.62. The Kier molecular flexibility index (Phi) is 3.03. The lowest BCUT2D eigenvalue weighted by molar-refractivity contribution is 0.312. The molecule has 2 N–H and O–H groups in total. The zero-order valence-electron chi connectivity index (χ0n) is 11.3. The van der Waals surface area contributed by atoms with Gasteiger partial charge in [-0.2, -0.15) is 5.10 Å². The average molecular weight is 257 g/mol. The van der Waals surface area contributed by atoms with Gasteiger partial charge in [0.25, 0.3) is 0 Å². The summed E-state index contributed by atoms with van der Waals surface area (Å²) in [6.45, 7) is 2.68. The highest BCUT2D eigenvalue weighted by atomic mass is 16.5. The van der Waals surface area contributed by atoms with E-state index in [2.05, 4.69) is 17.2 Å². The van der Waals surface area contributed by atoms with E-state index >= 15 is 0 Å². The number of hydrogen-bond acceptors (Lipinski definition) is 3. The molecular formula is C15H19N3O. The van der Waals surface area contributed by atoms with Crippen LogP contribution in [0.3, 0.4) is 0 Å². The first-order valence-corrected chi connectivity index (χ1v) is 6.62. The molecule has 100 valence electrons. The molecule has 0 bridgehead atoms. The highest BCUT2D eigenvalue weighted by Gasteiger charge is 2.29. The largest absolute Gasteiger partial charge is 0.493 e. The van der Waals surface area contributed by atoms with Crippen molar-refractivity contribution in [3.63, 3.8) is 0 Å². The monoisotopic (exact) mass is 257 g/mol. The second-order valence-electron chi connectivity index (χ2n) is 5.22. The molecule has 0 fully saturated rings. The van der Waals surface area contributed by atoms with Crippen LogP contribution in [-0.2, 0) is 13.5 Å². The zero-order chi connectivity index (χ0) is 13.4. The Morgan fingerprint density at radius 1 is 1.47 bits per heavy atom. The Morgan fingerprint density at radius 3 is 3.00 bits per heavy atom. The molecule has 1 aliphatic heterocycles. The third kappa shape index (κ3) is 2.24. The van der Waals surface area contributed by atoms with Crippen LogP contribution in [0.4, 0.5) is 0 Å². The van der Waals surface area contributed by atoms with E-state index in [1.807, 2.05) is 36.9 Å². The summed E-state index contributed by atoms with van der Waals surface area (Å²) >= 11 is 0. The summed E-state index contributed by atoms with van der Waals surface area (Å²) < 4.78 is 7.62. The van der Waals surface area contributed by atoms with Gasteiger partial charge in [-0.1, -0.05) is 18.2 Å². The van der Waals surface area contributed by atoms with E-state index in [0.29, 0.717) is 6.61 Å². The number of aryl methyl sites for hydroxylation is 2. The second kappa shape index (κ2) is 4.70. The molecule has 4 nitrogen and oxygen atoms in total. The van der Waals surface area contributed by atoms with Gasteiger partial charge in [-0.15, -0.1) is 0 Å². The number of rotatable bonds is 3. The molecule has 4 heteroatoms.